The lowest BCUT2D eigenvalue weighted by Crippen LogP contribution is -2.04. The maximum atomic E-state index is 12.6. The maximum absolute atomic E-state index is 12.6. The molecule has 0 saturated carbocycles. The molecular weight excluding hydrogens is 318 g/mol. The second kappa shape index (κ2) is 4.14. The molecule has 0 aliphatic carbocycles. The van der Waals surface area contributed by atoms with E-state index in [4.69, 9.17) is 11.6 Å². The topological polar surface area (TPSA) is 12.9 Å². The van der Waals surface area contributed by atoms with Crippen molar-refractivity contribution in [1.82, 2.24) is 4.98 Å². The van der Waals surface area contributed by atoms with Crippen LogP contribution < -0.4 is 0 Å². The molecule has 0 spiro atoms. The molecule has 0 unspecified atom stereocenters. The zero-order valence-corrected chi connectivity index (χ0v) is 10.9. The molecule has 1 aromatic heterocycles. The summed E-state index contributed by atoms with van der Waals surface area (Å²) < 4.78 is 38.2. The van der Waals surface area contributed by atoms with Crippen LogP contribution in [0.15, 0.2) is 22.7 Å². The quantitative estimate of drug-likeness (QED) is 0.666. The summed E-state index contributed by atoms with van der Waals surface area (Å²) in [6, 6.07) is 3.33. The van der Waals surface area contributed by atoms with Gasteiger partial charge in [-0.25, -0.2) is 0 Å². The van der Waals surface area contributed by atoms with Crippen molar-refractivity contribution in [2.24, 2.45) is 0 Å². The lowest BCUT2D eigenvalue weighted by molar-refractivity contribution is -0.137. The number of hydrogen-bond acceptors (Lipinski definition) is 1. The Morgan fingerprint density at radius 2 is 1.94 bits per heavy atom. The van der Waals surface area contributed by atoms with Gasteiger partial charge in [-0.15, -0.1) is 0 Å². The Labute approximate surface area is 109 Å². The van der Waals surface area contributed by atoms with Crippen LogP contribution in [0.1, 0.15) is 11.3 Å². The highest BCUT2D eigenvalue weighted by molar-refractivity contribution is 9.10. The minimum Gasteiger partial charge on any atom is -0.252 e. The molecule has 2 rings (SSSR count). The maximum Gasteiger partial charge on any atom is 0.416 e. The molecule has 0 atom stereocenters. The number of pyridine rings is 1. The van der Waals surface area contributed by atoms with E-state index in [1.54, 1.807) is 6.92 Å². The Morgan fingerprint density at radius 1 is 1.29 bits per heavy atom. The second-order valence-electron chi connectivity index (χ2n) is 3.55. The first-order valence-corrected chi connectivity index (χ1v) is 5.80. The average Bonchev–Trinajstić information content (AvgIpc) is 2.24. The number of halogens is 5. The number of fused-ring (bicyclic) bond motifs is 1. The fourth-order valence-corrected chi connectivity index (χ4v) is 2.08. The monoisotopic (exact) mass is 323 g/mol. The van der Waals surface area contributed by atoms with E-state index in [1.165, 1.54) is 6.07 Å². The number of nitrogens with zero attached hydrogens (tertiary/aromatic N) is 1. The van der Waals surface area contributed by atoms with Crippen molar-refractivity contribution in [3.8, 4) is 0 Å². The van der Waals surface area contributed by atoms with Crippen molar-refractivity contribution < 1.29 is 13.2 Å². The lowest BCUT2D eigenvalue weighted by atomic mass is 10.1. The van der Waals surface area contributed by atoms with Gasteiger partial charge in [0.15, 0.2) is 0 Å². The number of aromatic nitrogens is 1. The van der Waals surface area contributed by atoms with Crippen molar-refractivity contribution in [3.63, 3.8) is 0 Å². The van der Waals surface area contributed by atoms with Gasteiger partial charge in [0.25, 0.3) is 0 Å². The fourth-order valence-electron chi connectivity index (χ4n) is 1.49. The van der Waals surface area contributed by atoms with Crippen LogP contribution in [0.2, 0.25) is 5.02 Å². The molecular formula is C11H6BrClF3N. The molecule has 0 bridgehead atoms. The molecule has 0 amide bonds. The second-order valence-corrected chi connectivity index (χ2v) is 4.73. The van der Waals surface area contributed by atoms with E-state index in [0.29, 0.717) is 21.1 Å². The molecule has 17 heavy (non-hydrogen) atoms. The Morgan fingerprint density at radius 3 is 2.53 bits per heavy atom. The standard InChI is InChI=1S/C11H6BrClF3N/c1-5-9(12)10(13)7-4-6(11(14,15)16)2-3-8(7)17-5/h2-4H,1H3. The number of aryl methyl sites for hydroxylation is 1. The third kappa shape index (κ3) is 2.26. The van der Waals surface area contributed by atoms with Crippen LogP contribution in [0.3, 0.4) is 0 Å². The zero-order chi connectivity index (χ0) is 12.8. The normalized spacial score (nSPS) is 12.1. The van der Waals surface area contributed by atoms with E-state index >= 15 is 0 Å². The molecule has 0 aliphatic heterocycles. The van der Waals surface area contributed by atoms with Gasteiger partial charge in [0.05, 0.1) is 26.3 Å². The molecule has 1 nitrogen and oxygen atoms in total. The van der Waals surface area contributed by atoms with Gasteiger partial charge in [-0.3, -0.25) is 4.98 Å². The first-order chi connectivity index (χ1) is 7.80. The molecule has 2 aromatic rings. The molecule has 1 aromatic carbocycles. The molecule has 0 fully saturated rings. The van der Waals surface area contributed by atoms with Crippen molar-refractivity contribution in [2.75, 3.05) is 0 Å². The van der Waals surface area contributed by atoms with E-state index in [9.17, 15) is 13.2 Å². The highest BCUT2D eigenvalue weighted by Crippen LogP contribution is 2.36. The average molecular weight is 325 g/mol. The van der Waals surface area contributed by atoms with E-state index in [1.807, 2.05) is 0 Å². The van der Waals surface area contributed by atoms with Crippen molar-refractivity contribution in [1.29, 1.82) is 0 Å². The first kappa shape index (κ1) is 12.6. The predicted molar refractivity (Wildman–Crippen MR) is 64.2 cm³/mol. The summed E-state index contributed by atoms with van der Waals surface area (Å²) in [4.78, 5) is 4.16. The highest BCUT2D eigenvalue weighted by Gasteiger charge is 2.30. The minimum absolute atomic E-state index is 0.249. The minimum atomic E-state index is -4.38. The summed E-state index contributed by atoms with van der Waals surface area (Å²) >= 11 is 9.20. The molecule has 0 saturated heterocycles. The van der Waals surface area contributed by atoms with Crippen LogP contribution in [0, 0.1) is 6.92 Å². The first-order valence-electron chi connectivity index (χ1n) is 4.63. The number of benzene rings is 1. The fraction of sp³-hybridized carbons (Fsp3) is 0.182. The van der Waals surface area contributed by atoms with E-state index in [2.05, 4.69) is 20.9 Å². The van der Waals surface area contributed by atoms with E-state index in [0.717, 1.165) is 12.1 Å². The Balaban J connectivity index is 2.78. The molecule has 0 N–H and O–H groups in total. The van der Waals surface area contributed by atoms with Crippen molar-refractivity contribution >= 4 is 38.4 Å². The van der Waals surface area contributed by atoms with Gasteiger partial charge in [0.1, 0.15) is 0 Å². The molecule has 90 valence electrons. The van der Waals surface area contributed by atoms with E-state index in [-0.39, 0.29) is 5.02 Å². The largest absolute Gasteiger partial charge is 0.416 e. The number of rotatable bonds is 0. The lowest BCUT2D eigenvalue weighted by Gasteiger charge is -2.10. The smallest absolute Gasteiger partial charge is 0.252 e. The summed E-state index contributed by atoms with van der Waals surface area (Å²) in [5.74, 6) is 0. The van der Waals surface area contributed by atoms with Crippen LogP contribution >= 0.6 is 27.5 Å². The third-order valence-corrected chi connectivity index (χ3v) is 3.95. The molecule has 1 heterocycles. The van der Waals surface area contributed by atoms with Gasteiger partial charge in [0.2, 0.25) is 0 Å². The van der Waals surface area contributed by atoms with Gasteiger partial charge in [-0.05, 0) is 41.1 Å². The summed E-state index contributed by atoms with van der Waals surface area (Å²) in [5, 5.41) is 0.539. The Hall–Kier alpha value is -0.810. The van der Waals surface area contributed by atoms with Crippen LogP contribution in [0.4, 0.5) is 13.2 Å². The molecule has 0 aliphatic rings. The summed E-state index contributed by atoms with van der Waals surface area (Å²) in [6.45, 7) is 1.73. The van der Waals surface area contributed by atoms with Gasteiger partial charge in [-0.2, -0.15) is 13.2 Å². The van der Waals surface area contributed by atoms with Crippen molar-refractivity contribution in [3.05, 3.63) is 39.0 Å². The summed E-state index contributed by atoms with van der Waals surface area (Å²) in [6.07, 6.45) is -4.38. The Bertz CT molecular complexity index is 595. The van der Waals surface area contributed by atoms with Gasteiger partial charge < -0.3 is 0 Å². The summed E-state index contributed by atoms with van der Waals surface area (Å²) in [5.41, 5.74) is 0.357. The summed E-state index contributed by atoms with van der Waals surface area (Å²) in [7, 11) is 0. The van der Waals surface area contributed by atoms with Crippen LogP contribution in [0.5, 0.6) is 0 Å². The van der Waals surface area contributed by atoms with Gasteiger partial charge >= 0.3 is 6.18 Å². The highest BCUT2D eigenvalue weighted by atomic mass is 79.9. The van der Waals surface area contributed by atoms with Gasteiger partial charge in [-0.1, -0.05) is 11.6 Å². The number of hydrogen-bond donors (Lipinski definition) is 0. The van der Waals surface area contributed by atoms with Crippen LogP contribution in [-0.4, -0.2) is 4.98 Å². The zero-order valence-electron chi connectivity index (χ0n) is 8.57. The third-order valence-electron chi connectivity index (χ3n) is 2.36. The van der Waals surface area contributed by atoms with Crippen LogP contribution in [-0.2, 0) is 6.18 Å². The Kier molecular flexibility index (Phi) is 3.08. The predicted octanol–water partition coefficient (Wildman–Crippen LogP) is 4.98. The van der Waals surface area contributed by atoms with Gasteiger partial charge in [0, 0.05) is 5.39 Å². The molecule has 0 radical (unpaired) electrons. The SMILES string of the molecule is Cc1nc2ccc(C(F)(F)F)cc2c(Cl)c1Br. The van der Waals surface area contributed by atoms with E-state index < -0.39 is 11.7 Å². The van der Waals surface area contributed by atoms with Crippen LogP contribution in [0.25, 0.3) is 10.9 Å². The molecule has 6 heteroatoms. The number of alkyl halides is 3. The van der Waals surface area contributed by atoms with Crippen molar-refractivity contribution in [2.45, 2.75) is 13.1 Å².